The number of hydrogen-bond donors (Lipinski definition) is 1. The van der Waals surface area contributed by atoms with E-state index in [1.54, 1.807) is 11.0 Å². The maximum absolute atomic E-state index is 12.6. The normalized spacial score (nSPS) is 15.9. The summed E-state index contributed by atoms with van der Waals surface area (Å²) in [6, 6.07) is 19.6. The number of anilines is 1. The summed E-state index contributed by atoms with van der Waals surface area (Å²) < 4.78 is 6.17. The van der Waals surface area contributed by atoms with Crippen molar-refractivity contribution in [2.24, 2.45) is 0 Å². The Bertz CT molecular complexity index is 1110. The third-order valence-electron chi connectivity index (χ3n) is 5.18. The summed E-state index contributed by atoms with van der Waals surface area (Å²) in [6.45, 7) is 1.27. The minimum Gasteiger partial charge on any atom is -0.399 e. The molecule has 1 aromatic heterocycles. The molecule has 1 aliphatic rings. The largest absolute Gasteiger partial charge is 0.413 e. The van der Waals surface area contributed by atoms with Gasteiger partial charge in [0.1, 0.15) is 0 Å². The lowest BCUT2D eigenvalue weighted by atomic mass is 9.99. The summed E-state index contributed by atoms with van der Waals surface area (Å²) in [7, 11) is 4.11. The van der Waals surface area contributed by atoms with Crippen molar-refractivity contribution in [1.29, 1.82) is 0 Å². The van der Waals surface area contributed by atoms with E-state index in [-0.39, 0.29) is 18.4 Å². The van der Waals surface area contributed by atoms with E-state index in [0.29, 0.717) is 11.6 Å². The lowest BCUT2D eigenvalue weighted by Crippen LogP contribution is -2.38. The second-order valence-electron chi connectivity index (χ2n) is 7.94. The van der Waals surface area contributed by atoms with Gasteiger partial charge in [0.2, 0.25) is 5.91 Å². The Morgan fingerprint density at radius 1 is 1.16 bits per heavy atom. The van der Waals surface area contributed by atoms with Gasteiger partial charge in [-0.05, 0) is 71.0 Å². The van der Waals surface area contributed by atoms with Crippen molar-refractivity contribution in [3.63, 3.8) is 0 Å². The zero-order chi connectivity index (χ0) is 22.7. The van der Waals surface area contributed by atoms with Gasteiger partial charge in [-0.15, -0.1) is 0 Å². The van der Waals surface area contributed by atoms with Crippen LogP contribution in [0.1, 0.15) is 12.0 Å². The number of hydrogen-bond acceptors (Lipinski definition) is 5. The molecule has 166 valence electrons. The molecule has 32 heavy (non-hydrogen) atoms. The average molecular weight is 514 g/mol. The molecular weight excluding hydrogens is 490 g/mol. The predicted octanol–water partition coefficient (Wildman–Crippen LogP) is 5.13. The molecule has 2 heterocycles. The first-order valence-electron chi connectivity index (χ1n) is 10.3. The van der Waals surface area contributed by atoms with E-state index in [0.717, 1.165) is 21.6 Å². The summed E-state index contributed by atoms with van der Waals surface area (Å²) in [5.41, 5.74) is 4.37. The van der Waals surface area contributed by atoms with Crippen LogP contribution in [-0.4, -0.2) is 43.6 Å². The van der Waals surface area contributed by atoms with Gasteiger partial charge in [-0.2, -0.15) is 0 Å². The van der Waals surface area contributed by atoms with Crippen LogP contribution in [0.5, 0.6) is 5.06 Å². The Balaban J connectivity index is 1.41. The summed E-state index contributed by atoms with van der Waals surface area (Å²) in [5, 5.41) is 3.29. The van der Waals surface area contributed by atoms with Crippen LogP contribution in [0.15, 0.2) is 64.5 Å². The highest BCUT2D eigenvalue weighted by molar-refractivity contribution is 9.11. The van der Waals surface area contributed by atoms with Gasteiger partial charge in [-0.1, -0.05) is 47.7 Å². The number of amides is 2. The summed E-state index contributed by atoms with van der Waals surface area (Å²) >= 11 is 4.67. The van der Waals surface area contributed by atoms with Gasteiger partial charge in [0.15, 0.2) is 5.06 Å². The molecule has 0 saturated carbocycles. The summed E-state index contributed by atoms with van der Waals surface area (Å²) in [5.74, 6) is -0.0186. The molecule has 1 unspecified atom stereocenters. The van der Waals surface area contributed by atoms with Crippen LogP contribution in [0.3, 0.4) is 0 Å². The van der Waals surface area contributed by atoms with Crippen molar-refractivity contribution in [1.82, 2.24) is 10.2 Å². The number of carbonyl (C=O) groups excluding carboxylic acids is 2. The highest BCUT2D eigenvalue weighted by Gasteiger charge is 2.32. The quantitative estimate of drug-likeness (QED) is 0.496. The average Bonchev–Trinajstić information content (AvgIpc) is 3.32. The van der Waals surface area contributed by atoms with Crippen molar-refractivity contribution in [3.8, 4) is 16.2 Å². The number of benzene rings is 2. The van der Waals surface area contributed by atoms with Crippen LogP contribution >= 0.6 is 27.3 Å². The van der Waals surface area contributed by atoms with Crippen molar-refractivity contribution < 1.29 is 14.3 Å². The molecule has 0 spiro atoms. The molecule has 6 nitrogen and oxygen atoms in total. The monoisotopic (exact) mass is 513 g/mol. The maximum Gasteiger partial charge on any atom is 0.413 e. The number of nitrogens with one attached hydrogen (secondary N) is 1. The number of carbonyl (C=O) groups is 2. The molecule has 2 amide bonds. The molecule has 8 heteroatoms. The van der Waals surface area contributed by atoms with Crippen LogP contribution < -0.4 is 15.0 Å². The van der Waals surface area contributed by atoms with E-state index in [4.69, 9.17) is 4.74 Å². The fraction of sp³-hybridized carbons (Fsp3) is 0.250. The number of rotatable bonds is 6. The van der Waals surface area contributed by atoms with E-state index in [2.05, 4.69) is 58.4 Å². The Kier molecular flexibility index (Phi) is 6.93. The molecule has 0 aliphatic carbocycles. The van der Waals surface area contributed by atoms with E-state index in [9.17, 15) is 9.59 Å². The third-order valence-corrected chi connectivity index (χ3v) is 6.68. The van der Waals surface area contributed by atoms with Gasteiger partial charge < -0.3 is 19.9 Å². The van der Waals surface area contributed by atoms with Gasteiger partial charge in [0.05, 0.1) is 9.83 Å². The molecule has 3 aromatic rings. The van der Waals surface area contributed by atoms with Crippen LogP contribution in [0.2, 0.25) is 0 Å². The van der Waals surface area contributed by atoms with Crippen LogP contribution in [0, 0.1) is 0 Å². The standard InChI is InChI=1S/C24H24BrN3O3S/c1-27(2)14-17-5-3-4-6-20(17)16-7-9-19(10-8-16)28-15-18(13-22(28)29)26-24(30)31-23-12-11-21(25)32-23/h3-12,18H,13-15H2,1-2H3,(H,26,30). The smallest absolute Gasteiger partial charge is 0.399 e. The zero-order valence-electron chi connectivity index (χ0n) is 17.9. The van der Waals surface area contributed by atoms with E-state index < -0.39 is 6.09 Å². The third kappa shape index (κ3) is 5.38. The fourth-order valence-corrected chi connectivity index (χ4v) is 4.99. The first-order valence-corrected chi connectivity index (χ1v) is 11.9. The molecular formula is C24H24BrN3O3S. The van der Waals surface area contributed by atoms with Gasteiger partial charge >= 0.3 is 6.09 Å². The second kappa shape index (κ2) is 9.85. The minimum atomic E-state index is -0.549. The lowest BCUT2D eigenvalue weighted by molar-refractivity contribution is -0.117. The highest BCUT2D eigenvalue weighted by Crippen LogP contribution is 2.30. The molecule has 1 fully saturated rings. The Morgan fingerprint density at radius 3 is 2.59 bits per heavy atom. The molecule has 0 bridgehead atoms. The van der Waals surface area contributed by atoms with Gasteiger partial charge in [-0.25, -0.2) is 4.79 Å². The first-order chi connectivity index (χ1) is 15.4. The molecule has 2 aromatic carbocycles. The zero-order valence-corrected chi connectivity index (χ0v) is 20.3. The molecule has 0 radical (unpaired) electrons. The first kappa shape index (κ1) is 22.5. The van der Waals surface area contributed by atoms with Crippen molar-refractivity contribution in [3.05, 3.63) is 70.0 Å². The van der Waals surface area contributed by atoms with Gasteiger partial charge in [-0.3, -0.25) is 4.79 Å². The Hall–Kier alpha value is -2.68. The predicted molar refractivity (Wildman–Crippen MR) is 131 cm³/mol. The number of ether oxygens (including phenoxy) is 1. The minimum absolute atomic E-state index is 0.0186. The van der Waals surface area contributed by atoms with Crippen molar-refractivity contribution in [2.75, 3.05) is 25.5 Å². The molecule has 1 aliphatic heterocycles. The Morgan fingerprint density at radius 2 is 1.91 bits per heavy atom. The SMILES string of the molecule is CN(C)Cc1ccccc1-c1ccc(N2CC(NC(=O)Oc3ccc(Br)s3)CC2=O)cc1. The fourth-order valence-electron chi connectivity index (χ4n) is 3.80. The Labute approximate surface area is 199 Å². The highest BCUT2D eigenvalue weighted by atomic mass is 79.9. The van der Waals surface area contributed by atoms with E-state index >= 15 is 0 Å². The van der Waals surface area contributed by atoms with Crippen LogP contribution in [0.4, 0.5) is 10.5 Å². The molecule has 4 rings (SSSR count). The maximum atomic E-state index is 12.6. The molecule has 1 N–H and O–H groups in total. The number of nitrogens with zero attached hydrogens (tertiary/aromatic N) is 2. The molecule has 1 atom stereocenters. The second-order valence-corrected chi connectivity index (χ2v) is 10.4. The summed E-state index contributed by atoms with van der Waals surface area (Å²) in [4.78, 5) is 28.6. The summed E-state index contributed by atoms with van der Waals surface area (Å²) in [6.07, 6.45) is -0.303. The van der Waals surface area contributed by atoms with Crippen LogP contribution in [-0.2, 0) is 11.3 Å². The van der Waals surface area contributed by atoms with E-state index in [1.165, 1.54) is 22.5 Å². The molecule has 1 saturated heterocycles. The van der Waals surface area contributed by atoms with Gasteiger partial charge in [0, 0.05) is 25.2 Å². The van der Waals surface area contributed by atoms with Gasteiger partial charge in [0.25, 0.3) is 0 Å². The van der Waals surface area contributed by atoms with Crippen molar-refractivity contribution >= 4 is 45.0 Å². The number of thiophene rings is 1. The number of halogens is 1. The van der Waals surface area contributed by atoms with Crippen LogP contribution in [0.25, 0.3) is 11.1 Å². The van der Waals surface area contributed by atoms with E-state index in [1.807, 2.05) is 36.4 Å². The topological polar surface area (TPSA) is 61.9 Å². The van der Waals surface area contributed by atoms with Crippen molar-refractivity contribution in [2.45, 2.75) is 19.0 Å². The lowest BCUT2D eigenvalue weighted by Gasteiger charge is -2.18.